The molecule has 2 fully saturated rings. The van der Waals surface area contributed by atoms with Gasteiger partial charge in [0.05, 0.1) is 6.04 Å². The number of hydrazine groups is 1. The van der Waals surface area contributed by atoms with Gasteiger partial charge in [0, 0.05) is 55.9 Å². The highest BCUT2D eigenvalue weighted by Gasteiger charge is 2.30. The molecule has 132 valence electrons. The summed E-state index contributed by atoms with van der Waals surface area (Å²) in [6, 6.07) is 19.3. The predicted octanol–water partition coefficient (Wildman–Crippen LogP) is 2.93. The molecule has 2 heterocycles. The number of nitrogens with one attached hydrogen (secondary N) is 2. The summed E-state index contributed by atoms with van der Waals surface area (Å²) in [7, 11) is 0. The molecule has 5 heteroatoms. The Morgan fingerprint density at radius 1 is 0.920 bits per heavy atom. The molecule has 0 radical (unpaired) electrons. The number of anilines is 1. The first-order chi connectivity index (χ1) is 12.3. The fourth-order valence-corrected chi connectivity index (χ4v) is 4.02. The van der Waals surface area contributed by atoms with Gasteiger partial charge in [-0.2, -0.15) is 0 Å². The molecule has 2 aromatic carbocycles. The summed E-state index contributed by atoms with van der Waals surface area (Å²) in [5, 5.41) is 0.795. The Morgan fingerprint density at radius 2 is 1.64 bits per heavy atom. The maximum Gasteiger partial charge on any atom is 0.0515 e. The van der Waals surface area contributed by atoms with Gasteiger partial charge in [-0.15, -0.1) is 0 Å². The van der Waals surface area contributed by atoms with E-state index in [4.69, 9.17) is 11.6 Å². The lowest BCUT2D eigenvalue weighted by Crippen LogP contribution is -2.48. The van der Waals surface area contributed by atoms with E-state index < -0.39 is 0 Å². The molecule has 4 nitrogen and oxygen atoms in total. The second kappa shape index (κ2) is 7.75. The lowest BCUT2D eigenvalue weighted by Gasteiger charge is -2.37. The Morgan fingerprint density at radius 3 is 2.36 bits per heavy atom. The van der Waals surface area contributed by atoms with Gasteiger partial charge in [0.15, 0.2) is 0 Å². The highest BCUT2D eigenvalue weighted by molar-refractivity contribution is 6.30. The van der Waals surface area contributed by atoms with Gasteiger partial charge < -0.3 is 4.90 Å². The Hall–Kier alpha value is -1.59. The van der Waals surface area contributed by atoms with Crippen LogP contribution in [0.3, 0.4) is 0 Å². The Bertz CT molecular complexity index is 668. The number of hydrogen-bond donors (Lipinski definition) is 2. The van der Waals surface area contributed by atoms with Crippen LogP contribution in [0.4, 0.5) is 5.69 Å². The second-order valence-electron chi connectivity index (χ2n) is 6.94. The Labute approximate surface area is 154 Å². The fourth-order valence-electron chi connectivity index (χ4n) is 3.89. The zero-order chi connectivity index (χ0) is 17.1. The summed E-state index contributed by atoms with van der Waals surface area (Å²) in [5.41, 5.74) is 9.42. The molecule has 0 aromatic heterocycles. The third-order valence-corrected chi connectivity index (χ3v) is 5.56. The van der Waals surface area contributed by atoms with Crippen LogP contribution in [0.15, 0.2) is 54.6 Å². The van der Waals surface area contributed by atoms with Crippen LogP contribution in [0.2, 0.25) is 5.02 Å². The molecule has 2 atom stereocenters. The van der Waals surface area contributed by atoms with Gasteiger partial charge in [0.1, 0.15) is 0 Å². The van der Waals surface area contributed by atoms with Crippen molar-refractivity contribution in [2.24, 2.45) is 5.92 Å². The number of piperazine rings is 1. The molecule has 2 aliphatic rings. The highest BCUT2D eigenvalue weighted by Crippen LogP contribution is 2.27. The molecule has 2 aliphatic heterocycles. The van der Waals surface area contributed by atoms with E-state index in [9.17, 15) is 0 Å². The topological polar surface area (TPSA) is 30.5 Å². The maximum absolute atomic E-state index is 6.03. The third kappa shape index (κ3) is 3.98. The molecule has 4 rings (SSSR count). The first-order valence-electron chi connectivity index (χ1n) is 9.06. The minimum Gasteiger partial charge on any atom is -0.369 e. The van der Waals surface area contributed by atoms with Crippen molar-refractivity contribution in [2.45, 2.75) is 6.04 Å². The lowest BCUT2D eigenvalue weighted by molar-refractivity contribution is 0.214. The molecule has 0 spiro atoms. The summed E-state index contributed by atoms with van der Waals surface area (Å²) >= 11 is 6.03. The van der Waals surface area contributed by atoms with Crippen LogP contribution in [-0.2, 0) is 0 Å². The molecular formula is C20H25ClN4. The van der Waals surface area contributed by atoms with Crippen molar-refractivity contribution < 1.29 is 0 Å². The van der Waals surface area contributed by atoms with Gasteiger partial charge in [-0.1, -0.05) is 41.9 Å². The van der Waals surface area contributed by atoms with Gasteiger partial charge in [-0.05, 0) is 29.8 Å². The van der Waals surface area contributed by atoms with Gasteiger partial charge in [0.2, 0.25) is 0 Å². The number of rotatable bonds is 4. The van der Waals surface area contributed by atoms with Crippen LogP contribution in [0, 0.1) is 5.92 Å². The minimum absolute atomic E-state index is 0.351. The quantitative estimate of drug-likeness (QED) is 0.881. The number of benzene rings is 2. The SMILES string of the molecule is Clc1ccc(C2NNCC2CN2CCN(c3ccccc3)CC2)cc1. The van der Waals surface area contributed by atoms with Gasteiger partial charge in [-0.25, -0.2) is 5.43 Å². The van der Waals surface area contributed by atoms with Crippen molar-refractivity contribution in [3.63, 3.8) is 0 Å². The van der Waals surface area contributed by atoms with Crippen LogP contribution in [0.25, 0.3) is 0 Å². The molecule has 2 saturated heterocycles. The van der Waals surface area contributed by atoms with Crippen LogP contribution >= 0.6 is 11.6 Å². The Balaban J connectivity index is 1.34. The number of para-hydroxylation sites is 1. The Kier molecular flexibility index (Phi) is 5.22. The number of nitrogens with zero attached hydrogens (tertiary/aromatic N) is 2. The normalized spacial score (nSPS) is 24.6. The van der Waals surface area contributed by atoms with Crippen LogP contribution < -0.4 is 15.8 Å². The predicted molar refractivity (Wildman–Crippen MR) is 104 cm³/mol. The maximum atomic E-state index is 6.03. The second-order valence-corrected chi connectivity index (χ2v) is 7.37. The number of halogens is 1. The van der Waals surface area contributed by atoms with Crippen molar-refractivity contribution in [3.8, 4) is 0 Å². The smallest absolute Gasteiger partial charge is 0.0515 e. The van der Waals surface area contributed by atoms with Gasteiger partial charge >= 0.3 is 0 Å². The average Bonchev–Trinajstić information content (AvgIpc) is 3.12. The first kappa shape index (κ1) is 16.9. The number of hydrogen-bond acceptors (Lipinski definition) is 4. The van der Waals surface area contributed by atoms with Crippen LogP contribution in [0.1, 0.15) is 11.6 Å². The van der Waals surface area contributed by atoms with Crippen LogP contribution in [-0.4, -0.2) is 44.2 Å². The zero-order valence-corrected chi connectivity index (χ0v) is 15.1. The van der Waals surface area contributed by atoms with E-state index in [-0.39, 0.29) is 0 Å². The van der Waals surface area contributed by atoms with Crippen molar-refractivity contribution >= 4 is 17.3 Å². The van der Waals surface area contributed by atoms with E-state index in [2.05, 4.69) is 63.1 Å². The first-order valence-corrected chi connectivity index (χ1v) is 9.43. The lowest BCUT2D eigenvalue weighted by atomic mass is 9.94. The summed E-state index contributed by atoms with van der Waals surface area (Å²) < 4.78 is 0. The van der Waals surface area contributed by atoms with E-state index in [1.807, 2.05) is 12.1 Å². The average molecular weight is 357 g/mol. The van der Waals surface area contributed by atoms with E-state index in [0.717, 1.165) is 44.3 Å². The van der Waals surface area contributed by atoms with E-state index in [0.29, 0.717) is 12.0 Å². The zero-order valence-electron chi connectivity index (χ0n) is 14.4. The van der Waals surface area contributed by atoms with E-state index in [1.165, 1.54) is 11.3 Å². The van der Waals surface area contributed by atoms with E-state index >= 15 is 0 Å². The molecule has 0 saturated carbocycles. The summed E-state index contributed by atoms with van der Waals surface area (Å²) in [6.07, 6.45) is 0. The van der Waals surface area contributed by atoms with Gasteiger partial charge in [0.25, 0.3) is 0 Å². The third-order valence-electron chi connectivity index (χ3n) is 5.31. The van der Waals surface area contributed by atoms with Gasteiger partial charge in [-0.3, -0.25) is 10.3 Å². The van der Waals surface area contributed by atoms with Crippen molar-refractivity contribution in [1.82, 2.24) is 15.8 Å². The standard InChI is InChI=1S/C20H25ClN4/c21-18-8-6-16(7-9-18)20-17(14-22-23-20)15-24-10-12-25(13-11-24)19-4-2-1-3-5-19/h1-9,17,20,22-23H,10-15H2. The minimum atomic E-state index is 0.351. The molecule has 0 aliphatic carbocycles. The van der Waals surface area contributed by atoms with Crippen LogP contribution in [0.5, 0.6) is 0 Å². The van der Waals surface area contributed by atoms with Crippen molar-refractivity contribution in [1.29, 1.82) is 0 Å². The van der Waals surface area contributed by atoms with Crippen molar-refractivity contribution in [3.05, 3.63) is 65.2 Å². The molecule has 2 N–H and O–H groups in total. The molecule has 0 bridgehead atoms. The fraction of sp³-hybridized carbons (Fsp3) is 0.400. The largest absolute Gasteiger partial charge is 0.369 e. The summed E-state index contributed by atoms with van der Waals surface area (Å²) in [4.78, 5) is 5.08. The molecule has 2 unspecified atom stereocenters. The monoisotopic (exact) mass is 356 g/mol. The molecule has 25 heavy (non-hydrogen) atoms. The molecular weight excluding hydrogens is 332 g/mol. The highest BCUT2D eigenvalue weighted by atomic mass is 35.5. The molecule has 2 aromatic rings. The molecule has 0 amide bonds. The van der Waals surface area contributed by atoms with Crippen molar-refractivity contribution in [2.75, 3.05) is 44.2 Å². The van der Waals surface area contributed by atoms with E-state index in [1.54, 1.807) is 0 Å². The summed E-state index contributed by atoms with van der Waals surface area (Å²) in [5.74, 6) is 0.574. The summed E-state index contributed by atoms with van der Waals surface area (Å²) in [6.45, 7) is 6.58.